The van der Waals surface area contributed by atoms with Crippen molar-refractivity contribution in [3.8, 4) is 0 Å². The molecule has 5 fully saturated rings. The van der Waals surface area contributed by atoms with Gasteiger partial charge in [0.25, 0.3) is 0 Å². The van der Waals surface area contributed by atoms with Gasteiger partial charge in [-0.05, 0) is 44.4 Å². The minimum absolute atomic E-state index is 0.420. The molecule has 0 aromatic rings. The van der Waals surface area contributed by atoms with E-state index >= 15 is 0 Å². The van der Waals surface area contributed by atoms with Gasteiger partial charge in [0, 0.05) is 56.7 Å². The third-order valence-electron chi connectivity index (χ3n) is 8.16. The van der Waals surface area contributed by atoms with Gasteiger partial charge in [-0.2, -0.15) is 0 Å². The van der Waals surface area contributed by atoms with Crippen molar-refractivity contribution in [1.29, 1.82) is 0 Å². The summed E-state index contributed by atoms with van der Waals surface area (Å²) >= 11 is 0. The maximum Gasteiger partial charge on any atom is 0.191 e. The monoisotopic (exact) mass is 360 g/mol. The molecule has 3 saturated carbocycles. The van der Waals surface area contributed by atoms with E-state index in [1.165, 1.54) is 77.4 Å². The zero-order valence-corrected chi connectivity index (χ0v) is 16.4. The Morgan fingerprint density at radius 1 is 1.12 bits per heavy atom. The van der Waals surface area contributed by atoms with Gasteiger partial charge in [-0.15, -0.1) is 0 Å². The molecule has 0 amide bonds. The number of guanidine groups is 1. The lowest BCUT2D eigenvalue weighted by molar-refractivity contribution is -0.171. The summed E-state index contributed by atoms with van der Waals surface area (Å²) in [4.78, 5) is 7.25. The van der Waals surface area contributed by atoms with E-state index < -0.39 is 0 Å². The first-order valence-corrected chi connectivity index (χ1v) is 11.1. The average molecular weight is 361 g/mol. The molecule has 4 atom stereocenters. The summed E-state index contributed by atoms with van der Waals surface area (Å²) in [6.45, 7) is 4.70. The molecular formula is C21H36N4O. The van der Waals surface area contributed by atoms with E-state index in [0.29, 0.717) is 29.5 Å². The number of likely N-dealkylation sites (tertiary alicyclic amines) is 1. The van der Waals surface area contributed by atoms with Gasteiger partial charge < -0.3 is 20.3 Å². The van der Waals surface area contributed by atoms with E-state index in [4.69, 9.17) is 4.74 Å². The first kappa shape index (κ1) is 17.3. The fourth-order valence-electron chi connectivity index (χ4n) is 6.64. The van der Waals surface area contributed by atoms with Gasteiger partial charge in [0.15, 0.2) is 5.96 Å². The highest BCUT2D eigenvalue weighted by Crippen LogP contribution is 2.62. The Labute approximate surface area is 158 Å². The molecule has 5 aliphatic rings. The van der Waals surface area contributed by atoms with Gasteiger partial charge in [-0.1, -0.05) is 19.3 Å². The number of hydrogen-bond acceptors (Lipinski definition) is 3. The summed E-state index contributed by atoms with van der Waals surface area (Å²) in [6.07, 6.45) is 12.8. The van der Waals surface area contributed by atoms with Crippen LogP contribution in [0.1, 0.15) is 57.8 Å². The van der Waals surface area contributed by atoms with Crippen molar-refractivity contribution in [3.05, 3.63) is 0 Å². The van der Waals surface area contributed by atoms with Crippen LogP contribution in [0.4, 0.5) is 0 Å². The summed E-state index contributed by atoms with van der Waals surface area (Å²) in [7, 11) is 1.93. The van der Waals surface area contributed by atoms with Crippen molar-refractivity contribution in [2.24, 2.45) is 22.2 Å². The first-order chi connectivity index (χ1) is 12.8. The Morgan fingerprint density at radius 2 is 1.96 bits per heavy atom. The van der Waals surface area contributed by atoms with Gasteiger partial charge in [-0.25, -0.2) is 0 Å². The maximum atomic E-state index is 6.06. The molecule has 3 aliphatic carbocycles. The molecular weight excluding hydrogens is 324 g/mol. The highest BCUT2D eigenvalue weighted by Gasteiger charge is 2.66. The number of nitrogens with one attached hydrogen (secondary N) is 2. The highest BCUT2D eigenvalue weighted by atomic mass is 16.5. The predicted molar refractivity (Wildman–Crippen MR) is 104 cm³/mol. The van der Waals surface area contributed by atoms with Crippen LogP contribution in [-0.4, -0.2) is 62.3 Å². The molecule has 1 spiro atoms. The van der Waals surface area contributed by atoms with Gasteiger partial charge in [0.05, 0.1) is 6.10 Å². The smallest absolute Gasteiger partial charge is 0.191 e. The minimum Gasteiger partial charge on any atom is -0.377 e. The van der Waals surface area contributed by atoms with Crippen LogP contribution in [0.2, 0.25) is 0 Å². The van der Waals surface area contributed by atoms with E-state index in [-0.39, 0.29) is 0 Å². The lowest BCUT2D eigenvalue weighted by atomic mass is 9.46. The standard InChI is InChI=1S/C21H36N4O/c1-22-20(23-16-7-11-25(14-16)13-15-5-2-3-6-15)24-18-17-8-12-26-19(17)21(18)9-4-10-21/h15-19H,2-14H2,1H3,(H2,22,23,24). The van der Waals surface area contributed by atoms with Gasteiger partial charge in [0.1, 0.15) is 0 Å². The second kappa shape index (κ2) is 6.97. The molecule has 2 N–H and O–H groups in total. The van der Waals surface area contributed by atoms with Crippen molar-refractivity contribution in [2.45, 2.75) is 76.0 Å². The fourth-order valence-corrected chi connectivity index (χ4v) is 6.64. The molecule has 146 valence electrons. The molecule has 0 bridgehead atoms. The molecule has 0 aromatic heterocycles. The Balaban J connectivity index is 1.14. The Kier molecular flexibility index (Phi) is 4.64. The van der Waals surface area contributed by atoms with Gasteiger partial charge in [0.2, 0.25) is 0 Å². The van der Waals surface area contributed by atoms with Crippen LogP contribution in [0, 0.1) is 17.3 Å². The van der Waals surface area contributed by atoms with E-state index in [9.17, 15) is 0 Å². The highest BCUT2D eigenvalue weighted by molar-refractivity contribution is 5.80. The zero-order valence-electron chi connectivity index (χ0n) is 16.4. The number of rotatable bonds is 4. The third kappa shape index (κ3) is 2.86. The number of aliphatic imine (C=N–C) groups is 1. The van der Waals surface area contributed by atoms with Gasteiger partial charge >= 0.3 is 0 Å². The second-order valence-electron chi connectivity index (χ2n) is 9.56. The maximum absolute atomic E-state index is 6.06. The Hall–Kier alpha value is -0.810. The van der Waals surface area contributed by atoms with Crippen molar-refractivity contribution in [1.82, 2.24) is 15.5 Å². The van der Waals surface area contributed by atoms with Crippen molar-refractivity contribution in [3.63, 3.8) is 0 Å². The molecule has 5 heteroatoms. The number of nitrogens with zero attached hydrogens (tertiary/aromatic N) is 2. The third-order valence-corrected chi connectivity index (χ3v) is 8.16. The van der Waals surface area contributed by atoms with Crippen LogP contribution in [0.15, 0.2) is 4.99 Å². The number of fused-ring (bicyclic) bond motifs is 2. The lowest BCUT2D eigenvalue weighted by Gasteiger charge is -2.63. The first-order valence-electron chi connectivity index (χ1n) is 11.1. The zero-order chi connectivity index (χ0) is 17.6. The van der Waals surface area contributed by atoms with Crippen molar-refractivity contribution in [2.75, 3.05) is 33.3 Å². The molecule has 26 heavy (non-hydrogen) atoms. The van der Waals surface area contributed by atoms with E-state index in [1.54, 1.807) is 0 Å². The van der Waals surface area contributed by atoms with Crippen LogP contribution in [0.25, 0.3) is 0 Å². The Bertz CT molecular complexity index is 540. The SMILES string of the molecule is CN=C(NC1CCN(CC2CCCC2)C1)NC1C2CCOC2C12CCC2. The van der Waals surface area contributed by atoms with Gasteiger partial charge in [-0.3, -0.25) is 4.99 Å². The molecule has 2 saturated heterocycles. The average Bonchev–Trinajstić information content (AvgIpc) is 3.33. The topological polar surface area (TPSA) is 48.9 Å². The summed E-state index contributed by atoms with van der Waals surface area (Å²) in [5, 5.41) is 7.56. The molecule has 4 unspecified atom stereocenters. The van der Waals surface area contributed by atoms with Crippen LogP contribution >= 0.6 is 0 Å². The van der Waals surface area contributed by atoms with Crippen LogP contribution in [0.3, 0.4) is 0 Å². The molecule has 2 aliphatic heterocycles. The quantitative estimate of drug-likeness (QED) is 0.597. The lowest BCUT2D eigenvalue weighted by Crippen LogP contribution is -2.72. The molecule has 0 aromatic carbocycles. The normalized spacial score (nSPS) is 39.7. The van der Waals surface area contributed by atoms with Crippen LogP contribution < -0.4 is 10.6 Å². The fraction of sp³-hybridized carbons (Fsp3) is 0.952. The summed E-state index contributed by atoms with van der Waals surface area (Å²) in [6, 6.07) is 1.13. The summed E-state index contributed by atoms with van der Waals surface area (Å²) < 4.78 is 6.06. The second-order valence-corrected chi connectivity index (χ2v) is 9.56. The van der Waals surface area contributed by atoms with Crippen LogP contribution in [-0.2, 0) is 4.74 Å². The van der Waals surface area contributed by atoms with E-state index in [1.807, 2.05) is 7.05 Å². The molecule has 5 rings (SSSR count). The number of ether oxygens (including phenoxy) is 1. The Morgan fingerprint density at radius 3 is 2.69 bits per heavy atom. The summed E-state index contributed by atoms with van der Waals surface area (Å²) in [5.74, 6) is 2.69. The van der Waals surface area contributed by atoms with Crippen molar-refractivity contribution >= 4 is 5.96 Å². The summed E-state index contributed by atoms with van der Waals surface area (Å²) in [5.41, 5.74) is 0.420. The largest absolute Gasteiger partial charge is 0.377 e. The predicted octanol–water partition coefficient (Wildman–Crippen LogP) is 2.37. The van der Waals surface area contributed by atoms with Crippen LogP contribution in [0.5, 0.6) is 0 Å². The van der Waals surface area contributed by atoms with E-state index in [2.05, 4.69) is 20.5 Å². The number of hydrogen-bond donors (Lipinski definition) is 2. The molecule has 0 radical (unpaired) electrons. The molecule has 5 nitrogen and oxygen atoms in total. The van der Waals surface area contributed by atoms with E-state index in [0.717, 1.165) is 18.5 Å². The molecule has 2 heterocycles. The van der Waals surface area contributed by atoms with Crippen molar-refractivity contribution < 1.29 is 4.74 Å². The minimum atomic E-state index is 0.420.